The van der Waals surface area contributed by atoms with Gasteiger partial charge in [0.05, 0.1) is 19.1 Å². The number of fused-ring (bicyclic) bond motifs is 1. The standard InChI is InChI=1S/C21H24N2O5S/c1-7-28-19(25)21(4,5)23-18(24)16-15(12(3)29-17(16)22-20(23)26)13-10-11(2)8-9-14(13)27-6/h8-10H,7H2,1-6H3,(H,22,26). The van der Waals surface area contributed by atoms with Crippen LogP contribution < -0.4 is 16.0 Å². The third kappa shape index (κ3) is 3.37. The number of esters is 1. The largest absolute Gasteiger partial charge is 0.496 e. The molecule has 3 aromatic rings. The molecule has 0 spiro atoms. The zero-order chi connectivity index (χ0) is 21.5. The minimum atomic E-state index is -1.46. The molecule has 3 rings (SSSR count). The number of aryl methyl sites for hydroxylation is 2. The van der Waals surface area contributed by atoms with Gasteiger partial charge in [-0.15, -0.1) is 11.3 Å². The molecule has 0 unspecified atom stereocenters. The van der Waals surface area contributed by atoms with Crippen molar-refractivity contribution in [1.82, 2.24) is 9.55 Å². The number of aromatic nitrogens is 2. The number of H-pyrrole nitrogens is 1. The molecule has 0 saturated carbocycles. The van der Waals surface area contributed by atoms with Crippen molar-refractivity contribution in [2.45, 2.75) is 40.2 Å². The summed E-state index contributed by atoms with van der Waals surface area (Å²) in [5.41, 5.74) is -0.176. The molecule has 29 heavy (non-hydrogen) atoms. The highest BCUT2D eigenvalue weighted by Gasteiger charge is 2.35. The van der Waals surface area contributed by atoms with Crippen LogP contribution in [0.25, 0.3) is 21.3 Å². The van der Waals surface area contributed by atoms with E-state index in [4.69, 9.17) is 9.47 Å². The Labute approximate surface area is 171 Å². The van der Waals surface area contributed by atoms with Gasteiger partial charge in [-0.25, -0.2) is 14.2 Å². The summed E-state index contributed by atoms with van der Waals surface area (Å²) < 4.78 is 11.5. The Hall–Kier alpha value is -2.87. The first-order chi connectivity index (χ1) is 13.6. The Kier molecular flexibility index (Phi) is 5.40. The number of rotatable bonds is 5. The zero-order valence-electron chi connectivity index (χ0n) is 17.3. The van der Waals surface area contributed by atoms with Crippen molar-refractivity contribution < 1.29 is 14.3 Å². The van der Waals surface area contributed by atoms with Crippen molar-refractivity contribution in [3.05, 3.63) is 49.5 Å². The van der Waals surface area contributed by atoms with Crippen LogP contribution in [0, 0.1) is 13.8 Å². The number of thiophene rings is 1. The van der Waals surface area contributed by atoms with Crippen LogP contribution in [0.2, 0.25) is 0 Å². The van der Waals surface area contributed by atoms with Gasteiger partial charge in [0.15, 0.2) is 0 Å². The maximum absolute atomic E-state index is 13.5. The fourth-order valence-corrected chi connectivity index (χ4v) is 4.49. The molecular weight excluding hydrogens is 392 g/mol. The Bertz CT molecular complexity index is 1220. The number of hydrogen-bond acceptors (Lipinski definition) is 6. The van der Waals surface area contributed by atoms with Gasteiger partial charge in [0.25, 0.3) is 5.56 Å². The van der Waals surface area contributed by atoms with Crippen LogP contribution in [-0.4, -0.2) is 29.2 Å². The molecule has 8 heteroatoms. The summed E-state index contributed by atoms with van der Waals surface area (Å²) in [7, 11) is 1.57. The van der Waals surface area contributed by atoms with E-state index in [9.17, 15) is 14.4 Å². The van der Waals surface area contributed by atoms with Crippen LogP contribution in [-0.2, 0) is 15.1 Å². The lowest BCUT2D eigenvalue weighted by atomic mass is 10.00. The van der Waals surface area contributed by atoms with E-state index in [1.165, 1.54) is 25.2 Å². The molecule has 1 aromatic carbocycles. The quantitative estimate of drug-likeness (QED) is 0.644. The van der Waals surface area contributed by atoms with Crippen molar-refractivity contribution in [3.63, 3.8) is 0 Å². The van der Waals surface area contributed by atoms with Gasteiger partial charge in [0.1, 0.15) is 16.1 Å². The lowest BCUT2D eigenvalue weighted by molar-refractivity contribution is -0.152. The van der Waals surface area contributed by atoms with Crippen molar-refractivity contribution >= 4 is 27.5 Å². The molecule has 0 bridgehead atoms. The predicted octanol–water partition coefficient (Wildman–Crippen LogP) is 3.34. The summed E-state index contributed by atoms with van der Waals surface area (Å²) >= 11 is 1.32. The fourth-order valence-electron chi connectivity index (χ4n) is 3.44. The highest BCUT2D eigenvalue weighted by molar-refractivity contribution is 7.19. The molecule has 0 atom stereocenters. The maximum Gasteiger partial charge on any atom is 0.332 e. The first kappa shape index (κ1) is 20.9. The lowest BCUT2D eigenvalue weighted by Crippen LogP contribution is -2.51. The Balaban J connectivity index is 2.41. The molecule has 2 heterocycles. The molecule has 7 nitrogen and oxygen atoms in total. The highest BCUT2D eigenvalue weighted by Crippen LogP contribution is 2.40. The van der Waals surface area contributed by atoms with E-state index in [-0.39, 0.29) is 6.61 Å². The van der Waals surface area contributed by atoms with Crippen LogP contribution in [0.3, 0.4) is 0 Å². The number of aromatic amines is 1. The van der Waals surface area contributed by atoms with E-state index in [1.807, 2.05) is 32.0 Å². The van der Waals surface area contributed by atoms with E-state index in [0.717, 1.165) is 20.6 Å². The number of benzene rings is 1. The molecule has 0 radical (unpaired) electrons. The van der Waals surface area contributed by atoms with E-state index < -0.39 is 22.8 Å². The SMILES string of the molecule is CCOC(=O)C(C)(C)n1c(=O)[nH]c2sc(C)c(-c3cc(C)ccc3OC)c2c1=O. The number of hydrogen-bond donors (Lipinski definition) is 1. The third-order valence-electron chi connectivity index (χ3n) is 4.88. The van der Waals surface area contributed by atoms with Gasteiger partial charge in [-0.05, 0) is 46.8 Å². The van der Waals surface area contributed by atoms with Gasteiger partial charge >= 0.3 is 11.7 Å². The monoisotopic (exact) mass is 416 g/mol. The van der Waals surface area contributed by atoms with Crippen molar-refractivity contribution in [1.29, 1.82) is 0 Å². The molecule has 0 saturated heterocycles. The topological polar surface area (TPSA) is 90.4 Å². The first-order valence-electron chi connectivity index (χ1n) is 9.24. The summed E-state index contributed by atoms with van der Waals surface area (Å²) in [6, 6.07) is 5.72. The Morgan fingerprint density at radius 2 is 1.93 bits per heavy atom. The van der Waals surface area contributed by atoms with E-state index in [2.05, 4.69) is 4.98 Å². The van der Waals surface area contributed by atoms with Gasteiger partial charge in [0, 0.05) is 16.0 Å². The van der Waals surface area contributed by atoms with Crippen molar-refractivity contribution in [3.8, 4) is 16.9 Å². The average molecular weight is 416 g/mol. The third-order valence-corrected chi connectivity index (χ3v) is 5.90. The van der Waals surface area contributed by atoms with Crippen molar-refractivity contribution in [2.75, 3.05) is 13.7 Å². The van der Waals surface area contributed by atoms with Crippen molar-refractivity contribution in [2.24, 2.45) is 0 Å². The smallest absolute Gasteiger partial charge is 0.332 e. The summed E-state index contributed by atoms with van der Waals surface area (Å²) in [6.45, 7) is 8.67. The molecule has 0 aliphatic rings. The minimum Gasteiger partial charge on any atom is -0.496 e. The predicted molar refractivity (Wildman–Crippen MR) is 114 cm³/mol. The number of methoxy groups -OCH3 is 1. The summed E-state index contributed by atoms with van der Waals surface area (Å²) in [4.78, 5) is 42.8. The molecule has 0 aliphatic heterocycles. The molecule has 2 aromatic heterocycles. The molecule has 1 N–H and O–H groups in total. The Morgan fingerprint density at radius 3 is 2.55 bits per heavy atom. The summed E-state index contributed by atoms with van der Waals surface area (Å²) in [6.07, 6.45) is 0. The fraction of sp³-hybridized carbons (Fsp3) is 0.381. The summed E-state index contributed by atoms with van der Waals surface area (Å²) in [5.74, 6) is -0.0196. The minimum absolute atomic E-state index is 0.153. The number of carbonyl (C=O) groups is 1. The van der Waals surface area contributed by atoms with Gasteiger partial charge in [-0.3, -0.25) is 9.78 Å². The molecule has 0 fully saturated rings. The second kappa shape index (κ2) is 7.51. The van der Waals surface area contributed by atoms with Crippen LogP contribution in [0.1, 0.15) is 31.2 Å². The second-order valence-electron chi connectivity index (χ2n) is 7.29. The van der Waals surface area contributed by atoms with Gasteiger partial charge in [-0.2, -0.15) is 0 Å². The average Bonchev–Trinajstić information content (AvgIpc) is 2.97. The van der Waals surface area contributed by atoms with Gasteiger partial charge in [-0.1, -0.05) is 11.6 Å². The summed E-state index contributed by atoms with van der Waals surface area (Å²) in [5, 5.41) is 0.355. The number of nitrogens with one attached hydrogen (secondary N) is 1. The van der Waals surface area contributed by atoms with Crippen LogP contribution in [0.5, 0.6) is 5.75 Å². The molecule has 0 amide bonds. The molecular formula is C21H24N2O5S. The number of carbonyl (C=O) groups excluding carboxylic acids is 1. The number of nitrogens with zero attached hydrogens (tertiary/aromatic N) is 1. The number of ether oxygens (including phenoxy) is 2. The Morgan fingerprint density at radius 1 is 1.24 bits per heavy atom. The normalized spacial score (nSPS) is 11.7. The maximum atomic E-state index is 13.5. The van der Waals surface area contributed by atoms with Crippen LogP contribution in [0.4, 0.5) is 0 Å². The lowest BCUT2D eigenvalue weighted by Gasteiger charge is -2.24. The molecule has 154 valence electrons. The van der Waals surface area contributed by atoms with Crippen LogP contribution in [0.15, 0.2) is 27.8 Å². The van der Waals surface area contributed by atoms with Gasteiger partial charge < -0.3 is 9.47 Å². The highest BCUT2D eigenvalue weighted by atomic mass is 32.1. The van der Waals surface area contributed by atoms with E-state index >= 15 is 0 Å². The van der Waals surface area contributed by atoms with Gasteiger partial charge in [0.2, 0.25) is 0 Å². The zero-order valence-corrected chi connectivity index (χ0v) is 18.2. The van der Waals surface area contributed by atoms with E-state index in [1.54, 1.807) is 14.0 Å². The second-order valence-corrected chi connectivity index (χ2v) is 8.52. The molecule has 0 aliphatic carbocycles. The van der Waals surface area contributed by atoms with E-state index in [0.29, 0.717) is 21.5 Å². The first-order valence-corrected chi connectivity index (χ1v) is 10.1. The van der Waals surface area contributed by atoms with Crippen LogP contribution >= 0.6 is 11.3 Å².